The number of hydrogen-bond acceptors (Lipinski definition) is 7. The SMILES string of the molecule is COc1ccc2nccc(CCN3CCC(NCc4ccc5c(n4)NC(=O)CO5)CC3)c2c1. The molecule has 3 aromatic rings. The standard InChI is InChI=1S/C25H29N5O3/c1-32-20-3-4-22-21(14-20)17(6-10-26-22)7-11-30-12-8-18(9-13-30)27-15-19-2-5-23-25(28-19)29-24(31)16-33-23/h2-6,10,14,18,27H,7-9,11-13,15-16H2,1H3,(H,28,29,31). The van der Waals surface area contributed by atoms with Crippen molar-refractivity contribution < 1.29 is 14.3 Å². The molecule has 0 spiro atoms. The van der Waals surface area contributed by atoms with Gasteiger partial charge in [-0.1, -0.05) is 0 Å². The zero-order chi connectivity index (χ0) is 22.6. The normalized spacial score (nSPS) is 16.8. The van der Waals surface area contributed by atoms with Gasteiger partial charge in [0.25, 0.3) is 5.91 Å². The molecule has 172 valence electrons. The number of methoxy groups -OCH3 is 1. The number of carbonyl (C=O) groups excluding carboxylic acids is 1. The summed E-state index contributed by atoms with van der Waals surface area (Å²) in [6, 6.07) is 12.5. The molecule has 1 fully saturated rings. The maximum absolute atomic E-state index is 11.5. The maximum atomic E-state index is 11.5. The van der Waals surface area contributed by atoms with E-state index in [0.29, 0.717) is 24.2 Å². The Morgan fingerprint density at radius 2 is 2.09 bits per heavy atom. The maximum Gasteiger partial charge on any atom is 0.263 e. The molecule has 0 aliphatic carbocycles. The Kier molecular flexibility index (Phi) is 6.37. The lowest BCUT2D eigenvalue weighted by molar-refractivity contribution is -0.118. The topological polar surface area (TPSA) is 88.6 Å². The Hall–Kier alpha value is -3.23. The number of nitrogens with one attached hydrogen (secondary N) is 2. The lowest BCUT2D eigenvalue weighted by atomic mass is 10.0. The molecular formula is C25H29N5O3. The van der Waals surface area contributed by atoms with Crippen LogP contribution in [-0.4, -0.2) is 60.2 Å². The minimum Gasteiger partial charge on any atom is -0.497 e. The van der Waals surface area contributed by atoms with Gasteiger partial charge in [-0.05, 0) is 74.3 Å². The number of fused-ring (bicyclic) bond motifs is 2. The van der Waals surface area contributed by atoms with E-state index in [4.69, 9.17) is 9.47 Å². The van der Waals surface area contributed by atoms with Gasteiger partial charge in [-0.3, -0.25) is 9.78 Å². The van der Waals surface area contributed by atoms with Crippen LogP contribution in [0.2, 0.25) is 0 Å². The van der Waals surface area contributed by atoms with E-state index in [2.05, 4.69) is 37.6 Å². The third-order valence-corrected chi connectivity index (χ3v) is 6.43. The van der Waals surface area contributed by atoms with Crippen molar-refractivity contribution in [3.8, 4) is 11.5 Å². The molecule has 0 bridgehead atoms. The van der Waals surface area contributed by atoms with Crippen LogP contribution in [0.15, 0.2) is 42.6 Å². The highest BCUT2D eigenvalue weighted by Gasteiger charge is 2.20. The number of pyridine rings is 2. The lowest BCUT2D eigenvalue weighted by Crippen LogP contribution is -2.43. The molecule has 1 aromatic carbocycles. The molecule has 2 aliphatic rings. The van der Waals surface area contributed by atoms with Gasteiger partial charge in [0, 0.05) is 30.7 Å². The first-order valence-electron chi connectivity index (χ1n) is 11.5. The van der Waals surface area contributed by atoms with Gasteiger partial charge in [0.2, 0.25) is 0 Å². The monoisotopic (exact) mass is 447 g/mol. The van der Waals surface area contributed by atoms with E-state index in [0.717, 1.165) is 55.9 Å². The predicted molar refractivity (Wildman–Crippen MR) is 127 cm³/mol. The van der Waals surface area contributed by atoms with Crippen molar-refractivity contribution in [2.45, 2.75) is 31.8 Å². The summed E-state index contributed by atoms with van der Waals surface area (Å²) < 4.78 is 10.8. The van der Waals surface area contributed by atoms with E-state index < -0.39 is 0 Å². The summed E-state index contributed by atoms with van der Waals surface area (Å²) in [5.41, 5.74) is 3.23. The number of nitrogens with zero attached hydrogens (tertiary/aromatic N) is 3. The Morgan fingerprint density at radius 1 is 1.21 bits per heavy atom. The zero-order valence-electron chi connectivity index (χ0n) is 18.8. The summed E-state index contributed by atoms with van der Waals surface area (Å²) in [5.74, 6) is 1.85. The lowest BCUT2D eigenvalue weighted by Gasteiger charge is -2.32. The quantitative estimate of drug-likeness (QED) is 0.576. The van der Waals surface area contributed by atoms with Crippen LogP contribution < -0.4 is 20.1 Å². The van der Waals surface area contributed by atoms with E-state index in [1.165, 1.54) is 10.9 Å². The Balaban J connectivity index is 1.11. The molecule has 4 heterocycles. The highest BCUT2D eigenvalue weighted by molar-refractivity contribution is 5.94. The zero-order valence-corrected chi connectivity index (χ0v) is 18.8. The van der Waals surface area contributed by atoms with Crippen LogP contribution >= 0.6 is 0 Å². The minimum absolute atomic E-state index is 0.0520. The highest BCUT2D eigenvalue weighted by Crippen LogP contribution is 2.26. The molecule has 1 amide bonds. The van der Waals surface area contributed by atoms with Crippen LogP contribution in [0, 0.1) is 0 Å². The van der Waals surface area contributed by atoms with Gasteiger partial charge >= 0.3 is 0 Å². The van der Waals surface area contributed by atoms with Gasteiger partial charge in [-0.15, -0.1) is 0 Å². The third-order valence-electron chi connectivity index (χ3n) is 6.43. The number of carbonyl (C=O) groups is 1. The van der Waals surface area contributed by atoms with E-state index in [-0.39, 0.29) is 12.5 Å². The van der Waals surface area contributed by atoms with Crippen molar-refractivity contribution in [2.75, 3.05) is 38.7 Å². The molecule has 0 atom stereocenters. The average molecular weight is 448 g/mol. The van der Waals surface area contributed by atoms with Gasteiger partial charge in [0.15, 0.2) is 18.2 Å². The Morgan fingerprint density at radius 3 is 2.94 bits per heavy atom. The van der Waals surface area contributed by atoms with Crippen molar-refractivity contribution in [3.05, 3.63) is 53.9 Å². The number of piperidine rings is 1. The number of rotatable bonds is 7. The van der Waals surface area contributed by atoms with E-state index in [9.17, 15) is 4.79 Å². The molecule has 2 aromatic heterocycles. The second-order valence-corrected chi connectivity index (χ2v) is 8.59. The largest absolute Gasteiger partial charge is 0.497 e. The Labute approximate surface area is 193 Å². The number of anilines is 1. The number of hydrogen-bond donors (Lipinski definition) is 2. The van der Waals surface area contributed by atoms with Crippen molar-refractivity contribution in [3.63, 3.8) is 0 Å². The minimum atomic E-state index is -0.161. The van der Waals surface area contributed by atoms with Crippen molar-refractivity contribution in [1.82, 2.24) is 20.2 Å². The van der Waals surface area contributed by atoms with Crippen LogP contribution in [0.3, 0.4) is 0 Å². The fourth-order valence-electron chi connectivity index (χ4n) is 4.52. The molecule has 1 saturated heterocycles. The first-order chi connectivity index (χ1) is 16.2. The second-order valence-electron chi connectivity index (χ2n) is 8.59. The van der Waals surface area contributed by atoms with E-state index in [1.807, 2.05) is 30.5 Å². The summed E-state index contributed by atoms with van der Waals surface area (Å²) in [4.78, 5) is 23.0. The van der Waals surface area contributed by atoms with Crippen LogP contribution in [-0.2, 0) is 17.8 Å². The molecular weight excluding hydrogens is 418 g/mol. The van der Waals surface area contributed by atoms with Gasteiger partial charge in [0.1, 0.15) is 5.75 Å². The first-order valence-corrected chi connectivity index (χ1v) is 11.5. The van der Waals surface area contributed by atoms with Gasteiger partial charge < -0.3 is 25.0 Å². The Bertz CT molecular complexity index is 1140. The summed E-state index contributed by atoms with van der Waals surface area (Å²) in [5, 5.41) is 7.56. The number of ether oxygens (including phenoxy) is 2. The van der Waals surface area contributed by atoms with E-state index >= 15 is 0 Å². The molecule has 0 saturated carbocycles. The molecule has 2 aliphatic heterocycles. The van der Waals surface area contributed by atoms with Gasteiger partial charge in [-0.2, -0.15) is 0 Å². The van der Waals surface area contributed by atoms with Gasteiger partial charge in [-0.25, -0.2) is 4.98 Å². The summed E-state index contributed by atoms with van der Waals surface area (Å²) in [7, 11) is 1.70. The molecule has 5 rings (SSSR count). The molecule has 0 radical (unpaired) electrons. The highest BCUT2D eigenvalue weighted by atomic mass is 16.5. The van der Waals surface area contributed by atoms with Crippen molar-refractivity contribution in [2.24, 2.45) is 0 Å². The molecule has 8 nitrogen and oxygen atoms in total. The fourth-order valence-corrected chi connectivity index (χ4v) is 4.52. The predicted octanol–water partition coefficient (Wildman–Crippen LogP) is 2.77. The van der Waals surface area contributed by atoms with E-state index in [1.54, 1.807) is 7.11 Å². The smallest absolute Gasteiger partial charge is 0.263 e. The van der Waals surface area contributed by atoms with Gasteiger partial charge in [0.05, 0.1) is 18.3 Å². The van der Waals surface area contributed by atoms with Crippen LogP contribution in [0.5, 0.6) is 11.5 Å². The summed E-state index contributed by atoms with van der Waals surface area (Å²) >= 11 is 0. The number of likely N-dealkylation sites (tertiary alicyclic amines) is 1. The first kappa shape index (κ1) is 21.6. The van der Waals surface area contributed by atoms with Crippen LogP contribution in [0.1, 0.15) is 24.1 Å². The van der Waals surface area contributed by atoms with Crippen LogP contribution in [0.4, 0.5) is 5.82 Å². The second kappa shape index (κ2) is 9.72. The number of amides is 1. The molecule has 2 N–H and O–H groups in total. The molecule has 33 heavy (non-hydrogen) atoms. The van der Waals surface area contributed by atoms with Crippen molar-refractivity contribution >= 4 is 22.6 Å². The molecule has 0 unspecified atom stereocenters. The number of aromatic nitrogens is 2. The molecule has 8 heteroatoms. The fraction of sp³-hybridized carbons (Fsp3) is 0.400. The van der Waals surface area contributed by atoms with Crippen LogP contribution in [0.25, 0.3) is 10.9 Å². The average Bonchev–Trinajstić information content (AvgIpc) is 2.86. The summed E-state index contributed by atoms with van der Waals surface area (Å²) in [6.45, 7) is 3.92. The number of benzene rings is 1. The van der Waals surface area contributed by atoms with Crippen molar-refractivity contribution in [1.29, 1.82) is 0 Å². The third kappa shape index (κ3) is 5.07. The summed E-state index contributed by atoms with van der Waals surface area (Å²) in [6.07, 6.45) is 5.11.